The van der Waals surface area contributed by atoms with Crippen LogP contribution in [0.4, 0.5) is 5.82 Å². The minimum absolute atomic E-state index is 0.0440. The van der Waals surface area contributed by atoms with Gasteiger partial charge in [-0.15, -0.1) is 11.3 Å². The molecule has 7 nitrogen and oxygen atoms in total. The Bertz CT molecular complexity index is 968. The van der Waals surface area contributed by atoms with Crippen molar-refractivity contribution >= 4 is 33.3 Å². The molecule has 0 aliphatic carbocycles. The molecule has 0 spiro atoms. The highest BCUT2D eigenvalue weighted by molar-refractivity contribution is 7.16. The van der Waals surface area contributed by atoms with Crippen molar-refractivity contribution in [3.63, 3.8) is 0 Å². The Morgan fingerprint density at radius 1 is 1.21 bits per heavy atom. The van der Waals surface area contributed by atoms with Gasteiger partial charge in [-0.05, 0) is 36.1 Å². The maximum absolute atomic E-state index is 12.4. The van der Waals surface area contributed by atoms with E-state index >= 15 is 0 Å². The normalized spacial score (nSPS) is 14.9. The van der Waals surface area contributed by atoms with Gasteiger partial charge in [0, 0.05) is 32.7 Å². The second-order valence-electron chi connectivity index (χ2n) is 6.96. The molecule has 152 valence electrons. The summed E-state index contributed by atoms with van der Waals surface area (Å²) in [5, 5.41) is 6.17. The fourth-order valence-electron chi connectivity index (χ4n) is 3.52. The number of fused-ring (bicyclic) bond motifs is 1. The highest BCUT2D eigenvalue weighted by Gasteiger charge is 2.21. The van der Waals surface area contributed by atoms with Crippen LogP contribution in [0.3, 0.4) is 0 Å². The van der Waals surface area contributed by atoms with Gasteiger partial charge in [0.2, 0.25) is 5.91 Å². The van der Waals surface area contributed by atoms with Crippen molar-refractivity contribution in [1.82, 2.24) is 20.2 Å². The highest BCUT2D eigenvalue weighted by Crippen LogP contribution is 2.27. The molecule has 2 aromatic heterocycles. The van der Waals surface area contributed by atoms with E-state index in [1.165, 1.54) is 0 Å². The van der Waals surface area contributed by atoms with E-state index < -0.39 is 0 Å². The van der Waals surface area contributed by atoms with Crippen molar-refractivity contribution in [2.24, 2.45) is 0 Å². The molecule has 3 aromatic rings. The Labute approximate surface area is 174 Å². The molecule has 0 unspecified atom stereocenters. The Kier molecular flexibility index (Phi) is 6.21. The van der Waals surface area contributed by atoms with Crippen molar-refractivity contribution in [2.45, 2.75) is 13.5 Å². The van der Waals surface area contributed by atoms with Crippen LogP contribution in [0.2, 0.25) is 0 Å². The molecule has 8 heteroatoms. The second kappa shape index (κ2) is 9.19. The lowest BCUT2D eigenvalue weighted by molar-refractivity contribution is -0.122. The number of rotatable bonds is 7. The molecule has 1 aromatic carbocycles. The molecule has 0 bridgehead atoms. The number of benzene rings is 1. The largest absolute Gasteiger partial charge is 0.494 e. The zero-order valence-corrected chi connectivity index (χ0v) is 17.3. The van der Waals surface area contributed by atoms with Crippen LogP contribution in [0.1, 0.15) is 12.5 Å². The molecule has 1 N–H and O–H groups in total. The van der Waals surface area contributed by atoms with Gasteiger partial charge in [-0.3, -0.25) is 9.69 Å². The molecule has 29 heavy (non-hydrogen) atoms. The van der Waals surface area contributed by atoms with Crippen molar-refractivity contribution in [1.29, 1.82) is 0 Å². The summed E-state index contributed by atoms with van der Waals surface area (Å²) >= 11 is 1.63. The van der Waals surface area contributed by atoms with E-state index in [1.807, 2.05) is 36.6 Å². The van der Waals surface area contributed by atoms with Crippen molar-refractivity contribution in [2.75, 3.05) is 44.2 Å². The number of anilines is 1. The van der Waals surface area contributed by atoms with Crippen LogP contribution >= 0.6 is 11.3 Å². The third-order valence-electron chi connectivity index (χ3n) is 4.98. The number of nitrogens with one attached hydrogen (secondary N) is 1. The number of ether oxygens (including phenoxy) is 1. The summed E-state index contributed by atoms with van der Waals surface area (Å²) in [6, 6.07) is 9.92. The Morgan fingerprint density at radius 2 is 2.07 bits per heavy atom. The maximum Gasteiger partial charge on any atom is 0.234 e. The third-order valence-corrected chi connectivity index (χ3v) is 5.80. The Balaban J connectivity index is 1.26. The molecular formula is C21H25N5O2S. The molecule has 1 amide bonds. The van der Waals surface area contributed by atoms with Crippen LogP contribution in [0.15, 0.2) is 42.0 Å². The standard InChI is InChI=1S/C21H25N5O2S/c1-2-28-17-5-3-4-16(12-17)13-22-19(27)14-25-7-9-26(10-8-25)20-18-6-11-29-21(18)24-15-23-20/h3-6,11-12,15H,2,7-10,13-14H2,1H3,(H,22,27). The van der Waals surface area contributed by atoms with Gasteiger partial charge >= 0.3 is 0 Å². The average Bonchev–Trinajstić information content (AvgIpc) is 3.22. The minimum Gasteiger partial charge on any atom is -0.494 e. The summed E-state index contributed by atoms with van der Waals surface area (Å²) < 4.78 is 5.51. The first-order chi connectivity index (χ1) is 14.2. The molecule has 4 rings (SSSR count). The number of hydrogen-bond donors (Lipinski definition) is 1. The predicted octanol–water partition coefficient (Wildman–Crippen LogP) is 2.53. The number of amides is 1. The van der Waals surface area contributed by atoms with E-state index in [1.54, 1.807) is 17.7 Å². The van der Waals surface area contributed by atoms with Crippen molar-refractivity contribution in [3.8, 4) is 5.75 Å². The molecule has 0 radical (unpaired) electrons. The fraction of sp³-hybridized carbons (Fsp3) is 0.381. The minimum atomic E-state index is 0.0440. The van der Waals surface area contributed by atoms with Crippen LogP contribution in [0.5, 0.6) is 5.75 Å². The topological polar surface area (TPSA) is 70.6 Å². The molecule has 0 atom stereocenters. The number of nitrogens with zero attached hydrogens (tertiary/aromatic N) is 4. The average molecular weight is 412 g/mol. The maximum atomic E-state index is 12.4. The van der Waals surface area contributed by atoms with E-state index in [0.29, 0.717) is 19.7 Å². The summed E-state index contributed by atoms with van der Waals surface area (Å²) in [5.74, 6) is 1.87. The van der Waals surface area contributed by atoms with E-state index in [9.17, 15) is 4.79 Å². The van der Waals surface area contributed by atoms with Gasteiger partial charge in [-0.25, -0.2) is 9.97 Å². The smallest absolute Gasteiger partial charge is 0.234 e. The summed E-state index contributed by atoms with van der Waals surface area (Å²) in [6.07, 6.45) is 1.63. The van der Waals surface area contributed by atoms with Crippen molar-refractivity contribution in [3.05, 3.63) is 47.6 Å². The number of aromatic nitrogens is 2. The van der Waals surface area contributed by atoms with E-state index in [2.05, 4.69) is 31.2 Å². The SMILES string of the molecule is CCOc1cccc(CNC(=O)CN2CCN(c3ncnc4sccc34)CC2)c1. The number of thiophene rings is 1. The number of carbonyl (C=O) groups is 1. The molecule has 1 fully saturated rings. The summed E-state index contributed by atoms with van der Waals surface area (Å²) in [5.41, 5.74) is 1.04. The van der Waals surface area contributed by atoms with E-state index in [4.69, 9.17) is 4.74 Å². The zero-order valence-electron chi connectivity index (χ0n) is 16.5. The van der Waals surface area contributed by atoms with Gasteiger partial charge in [-0.1, -0.05) is 12.1 Å². The lowest BCUT2D eigenvalue weighted by Gasteiger charge is -2.35. The first kappa shape index (κ1) is 19.6. The molecular weight excluding hydrogens is 386 g/mol. The Morgan fingerprint density at radius 3 is 2.90 bits per heavy atom. The fourth-order valence-corrected chi connectivity index (χ4v) is 4.25. The third kappa shape index (κ3) is 4.83. The van der Waals surface area contributed by atoms with E-state index in [0.717, 1.165) is 53.5 Å². The van der Waals surface area contributed by atoms with Gasteiger partial charge in [0.05, 0.1) is 18.5 Å². The second-order valence-corrected chi connectivity index (χ2v) is 7.85. The zero-order chi connectivity index (χ0) is 20.1. The quantitative estimate of drug-likeness (QED) is 0.644. The van der Waals surface area contributed by atoms with Crippen molar-refractivity contribution < 1.29 is 9.53 Å². The van der Waals surface area contributed by atoms with Gasteiger partial charge in [0.1, 0.15) is 22.7 Å². The number of hydrogen-bond acceptors (Lipinski definition) is 7. The van der Waals surface area contributed by atoms with E-state index in [-0.39, 0.29) is 5.91 Å². The lowest BCUT2D eigenvalue weighted by atomic mass is 10.2. The van der Waals surface area contributed by atoms with Gasteiger partial charge in [0.25, 0.3) is 0 Å². The monoisotopic (exact) mass is 411 g/mol. The first-order valence-corrected chi connectivity index (χ1v) is 10.7. The van der Waals surface area contributed by atoms with Crippen LogP contribution in [-0.2, 0) is 11.3 Å². The molecule has 3 heterocycles. The summed E-state index contributed by atoms with van der Waals surface area (Å²) in [4.78, 5) is 26.7. The number of carbonyl (C=O) groups excluding carboxylic acids is 1. The highest BCUT2D eigenvalue weighted by atomic mass is 32.1. The molecule has 1 saturated heterocycles. The van der Waals surface area contributed by atoms with Crippen LogP contribution in [0.25, 0.3) is 10.2 Å². The lowest BCUT2D eigenvalue weighted by Crippen LogP contribution is -2.49. The van der Waals surface area contributed by atoms with Gasteiger partial charge in [-0.2, -0.15) is 0 Å². The van der Waals surface area contributed by atoms with Crippen LogP contribution in [0, 0.1) is 0 Å². The van der Waals surface area contributed by atoms with Crippen LogP contribution < -0.4 is 15.0 Å². The molecule has 0 saturated carbocycles. The van der Waals surface area contributed by atoms with Gasteiger partial charge < -0.3 is 15.0 Å². The van der Waals surface area contributed by atoms with Gasteiger partial charge in [0.15, 0.2) is 0 Å². The summed E-state index contributed by atoms with van der Waals surface area (Å²) in [6.45, 7) is 6.90. The Hall–Kier alpha value is -2.71. The predicted molar refractivity (Wildman–Crippen MR) is 116 cm³/mol. The van der Waals surface area contributed by atoms with Crippen LogP contribution in [-0.4, -0.2) is 60.1 Å². The first-order valence-electron chi connectivity index (χ1n) is 9.87. The summed E-state index contributed by atoms with van der Waals surface area (Å²) in [7, 11) is 0. The molecule has 1 aliphatic heterocycles. The molecule has 1 aliphatic rings. The number of piperazine rings is 1.